The maximum absolute atomic E-state index is 13.2. The Bertz CT molecular complexity index is 446. The molecule has 0 radical (unpaired) electrons. The quantitative estimate of drug-likeness (QED) is 0.807. The highest BCUT2D eigenvalue weighted by Crippen LogP contribution is 2.19. The molecule has 0 aliphatic carbocycles. The van der Waals surface area contributed by atoms with Crippen molar-refractivity contribution in [3.8, 4) is 0 Å². The number of hydrogen-bond acceptors (Lipinski definition) is 4. The van der Waals surface area contributed by atoms with Gasteiger partial charge in [0.05, 0.1) is 18.3 Å². The largest absolute Gasteiger partial charge is 0.465 e. The number of ether oxygens (including phenoxy) is 2. The van der Waals surface area contributed by atoms with Crippen molar-refractivity contribution in [2.75, 3.05) is 26.1 Å². The summed E-state index contributed by atoms with van der Waals surface area (Å²) in [7, 11) is 2.92. The van der Waals surface area contributed by atoms with Crippen LogP contribution in [0.15, 0.2) is 18.2 Å². The average Bonchev–Trinajstić information content (AvgIpc) is 2.39. The molecule has 0 spiro atoms. The van der Waals surface area contributed by atoms with Crippen molar-refractivity contribution in [3.05, 3.63) is 29.6 Å². The Morgan fingerprint density at radius 2 is 2.05 bits per heavy atom. The van der Waals surface area contributed by atoms with E-state index in [-0.39, 0.29) is 11.2 Å². The van der Waals surface area contributed by atoms with Gasteiger partial charge in [-0.25, -0.2) is 9.18 Å². The number of anilines is 1. The minimum absolute atomic E-state index is 0.192. The fourth-order valence-corrected chi connectivity index (χ4v) is 1.55. The lowest BCUT2D eigenvalue weighted by atomic mass is 10.1. The van der Waals surface area contributed by atoms with Gasteiger partial charge in [0.15, 0.2) is 0 Å². The number of carbonyl (C=O) groups excluding carboxylic acids is 1. The van der Waals surface area contributed by atoms with E-state index in [1.54, 1.807) is 7.11 Å². The van der Waals surface area contributed by atoms with Crippen molar-refractivity contribution in [3.63, 3.8) is 0 Å². The van der Waals surface area contributed by atoms with Crippen LogP contribution in [0.4, 0.5) is 10.1 Å². The maximum atomic E-state index is 13.2. The molecule has 1 N–H and O–H groups in total. The minimum atomic E-state index is -0.562. The molecule has 0 heterocycles. The van der Waals surface area contributed by atoms with Crippen LogP contribution in [0.5, 0.6) is 0 Å². The third-order valence-corrected chi connectivity index (χ3v) is 2.98. The van der Waals surface area contributed by atoms with Gasteiger partial charge in [0.25, 0.3) is 0 Å². The predicted molar refractivity (Wildman–Crippen MR) is 71.9 cm³/mol. The van der Waals surface area contributed by atoms with Gasteiger partial charge in [0.1, 0.15) is 5.82 Å². The van der Waals surface area contributed by atoms with Crippen LogP contribution in [0, 0.1) is 5.82 Å². The molecule has 4 nitrogen and oxygen atoms in total. The molecule has 1 aromatic rings. The highest BCUT2D eigenvalue weighted by molar-refractivity contribution is 5.95. The normalized spacial score (nSPS) is 11.2. The molecule has 0 saturated heterocycles. The molecular formula is C14H20FNO3. The summed E-state index contributed by atoms with van der Waals surface area (Å²) in [5.74, 6) is -1.03. The summed E-state index contributed by atoms with van der Waals surface area (Å²) in [5.41, 5.74) is 0.497. The third-order valence-electron chi connectivity index (χ3n) is 2.98. The number of hydrogen-bond donors (Lipinski definition) is 1. The van der Waals surface area contributed by atoms with E-state index in [0.29, 0.717) is 12.2 Å². The number of rotatable bonds is 6. The van der Waals surface area contributed by atoms with Crippen molar-refractivity contribution in [1.82, 2.24) is 0 Å². The summed E-state index contributed by atoms with van der Waals surface area (Å²) in [6, 6.07) is 3.99. The van der Waals surface area contributed by atoms with E-state index >= 15 is 0 Å². The molecule has 1 rings (SSSR count). The van der Waals surface area contributed by atoms with Crippen LogP contribution in [-0.4, -0.2) is 32.3 Å². The lowest BCUT2D eigenvalue weighted by Gasteiger charge is -2.23. The van der Waals surface area contributed by atoms with Gasteiger partial charge >= 0.3 is 5.97 Å². The van der Waals surface area contributed by atoms with E-state index < -0.39 is 11.8 Å². The monoisotopic (exact) mass is 269 g/mol. The summed E-state index contributed by atoms with van der Waals surface area (Å²) in [5, 5.41) is 3.10. The highest BCUT2D eigenvalue weighted by Gasteiger charge is 2.17. The zero-order valence-corrected chi connectivity index (χ0v) is 11.7. The number of carbonyl (C=O) groups is 1. The molecule has 0 aromatic heterocycles. The molecule has 106 valence electrons. The number of methoxy groups -OCH3 is 2. The second-order valence-electron chi connectivity index (χ2n) is 4.82. The van der Waals surface area contributed by atoms with Crippen molar-refractivity contribution in [2.24, 2.45) is 0 Å². The SMILES string of the molecule is COC(=O)c1cc(F)ccc1NCCC(C)(C)OC. The molecule has 0 aliphatic heterocycles. The average molecular weight is 269 g/mol. The molecule has 5 heteroatoms. The van der Waals surface area contributed by atoms with E-state index in [9.17, 15) is 9.18 Å². The Kier molecular flexibility index (Phi) is 5.30. The Morgan fingerprint density at radius 1 is 1.37 bits per heavy atom. The van der Waals surface area contributed by atoms with Crippen LogP contribution in [-0.2, 0) is 9.47 Å². The maximum Gasteiger partial charge on any atom is 0.340 e. The first-order chi connectivity index (χ1) is 8.89. The fraction of sp³-hybridized carbons (Fsp3) is 0.500. The van der Waals surface area contributed by atoms with E-state index in [4.69, 9.17) is 4.74 Å². The van der Waals surface area contributed by atoms with Crippen LogP contribution >= 0.6 is 0 Å². The van der Waals surface area contributed by atoms with Gasteiger partial charge in [-0.05, 0) is 38.5 Å². The zero-order chi connectivity index (χ0) is 14.5. The van der Waals surface area contributed by atoms with Gasteiger partial charge in [-0.15, -0.1) is 0 Å². The smallest absolute Gasteiger partial charge is 0.340 e. The van der Waals surface area contributed by atoms with Crippen molar-refractivity contribution >= 4 is 11.7 Å². The second-order valence-corrected chi connectivity index (χ2v) is 4.82. The van der Waals surface area contributed by atoms with E-state index in [1.807, 2.05) is 13.8 Å². The molecule has 0 aliphatic rings. The molecule has 0 fully saturated rings. The molecule has 0 saturated carbocycles. The number of benzene rings is 1. The topological polar surface area (TPSA) is 47.6 Å². The summed E-state index contributed by atoms with van der Waals surface area (Å²) in [6.07, 6.45) is 0.751. The van der Waals surface area contributed by atoms with E-state index in [1.165, 1.54) is 19.2 Å². The molecule has 0 unspecified atom stereocenters. The van der Waals surface area contributed by atoms with Gasteiger partial charge in [-0.2, -0.15) is 0 Å². The summed E-state index contributed by atoms with van der Waals surface area (Å²) < 4.78 is 23.1. The Morgan fingerprint density at radius 3 is 2.63 bits per heavy atom. The van der Waals surface area contributed by atoms with Gasteiger partial charge in [0.2, 0.25) is 0 Å². The number of nitrogens with one attached hydrogen (secondary N) is 1. The number of esters is 1. The lowest BCUT2D eigenvalue weighted by molar-refractivity contribution is 0.0185. The standard InChI is InChI=1S/C14H20FNO3/c1-14(2,19-4)7-8-16-12-6-5-10(15)9-11(12)13(17)18-3/h5-6,9,16H,7-8H2,1-4H3. The molecule has 0 bridgehead atoms. The van der Waals surface area contributed by atoms with E-state index in [2.05, 4.69) is 10.1 Å². The third kappa shape index (κ3) is 4.52. The summed E-state index contributed by atoms with van der Waals surface area (Å²) >= 11 is 0. The van der Waals surface area contributed by atoms with Crippen LogP contribution in [0.3, 0.4) is 0 Å². The predicted octanol–water partition coefficient (Wildman–Crippen LogP) is 2.84. The first-order valence-corrected chi connectivity index (χ1v) is 6.06. The molecule has 1 aromatic carbocycles. The van der Waals surface area contributed by atoms with Crippen LogP contribution in [0.2, 0.25) is 0 Å². The number of halogens is 1. The minimum Gasteiger partial charge on any atom is -0.465 e. The Hall–Kier alpha value is -1.62. The lowest BCUT2D eigenvalue weighted by Crippen LogP contribution is -2.26. The highest BCUT2D eigenvalue weighted by atomic mass is 19.1. The molecule has 0 amide bonds. The Labute approximate surface area is 112 Å². The van der Waals surface area contributed by atoms with Gasteiger partial charge in [0, 0.05) is 19.3 Å². The summed E-state index contributed by atoms with van der Waals surface area (Å²) in [6.45, 7) is 4.55. The molecule has 0 atom stereocenters. The second kappa shape index (κ2) is 6.52. The van der Waals surface area contributed by atoms with Crippen molar-refractivity contribution in [1.29, 1.82) is 0 Å². The van der Waals surface area contributed by atoms with Crippen LogP contribution in [0.25, 0.3) is 0 Å². The first kappa shape index (κ1) is 15.4. The van der Waals surface area contributed by atoms with Crippen LogP contribution < -0.4 is 5.32 Å². The van der Waals surface area contributed by atoms with Crippen molar-refractivity contribution < 1.29 is 18.7 Å². The molecular weight excluding hydrogens is 249 g/mol. The van der Waals surface area contributed by atoms with Crippen LogP contribution in [0.1, 0.15) is 30.6 Å². The van der Waals surface area contributed by atoms with Crippen molar-refractivity contribution in [2.45, 2.75) is 25.9 Å². The van der Waals surface area contributed by atoms with Gasteiger partial charge in [-0.1, -0.05) is 0 Å². The summed E-state index contributed by atoms with van der Waals surface area (Å²) in [4.78, 5) is 11.5. The zero-order valence-electron chi connectivity index (χ0n) is 11.7. The first-order valence-electron chi connectivity index (χ1n) is 6.06. The molecule has 19 heavy (non-hydrogen) atoms. The van der Waals surface area contributed by atoms with E-state index in [0.717, 1.165) is 12.5 Å². The van der Waals surface area contributed by atoms with Gasteiger partial charge in [-0.3, -0.25) is 0 Å². The Balaban J connectivity index is 2.75. The fourth-order valence-electron chi connectivity index (χ4n) is 1.55. The van der Waals surface area contributed by atoms with Gasteiger partial charge < -0.3 is 14.8 Å².